The van der Waals surface area contributed by atoms with Crippen LogP contribution in [0.25, 0.3) is 133 Å². The van der Waals surface area contributed by atoms with Gasteiger partial charge in [-0.25, -0.2) is 4.98 Å². The van der Waals surface area contributed by atoms with E-state index in [0.717, 1.165) is 83.4 Å². The first-order valence-corrected chi connectivity index (χ1v) is 23.5. The molecule has 0 aliphatic carbocycles. The molecule has 0 spiro atoms. The largest absolute Gasteiger partial charge is 0.456 e. The zero-order valence-corrected chi connectivity index (χ0v) is 37.4. The quantitative estimate of drug-likeness (QED) is 0.160. The van der Waals surface area contributed by atoms with Gasteiger partial charge in [-0.05, 0) is 136 Å². The topological polar surface area (TPSA) is 35.9 Å². The zero-order valence-electron chi connectivity index (χ0n) is 37.4. The Morgan fingerprint density at radius 3 is 1.42 bits per heavy atom. The average molecular weight is 880 g/mol. The molecule has 4 nitrogen and oxygen atoms in total. The molecule has 4 heterocycles. The maximum Gasteiger partial charge on any atom is 0.138 e. The lowest BCUT2D eigenvalue weighted by atomic mass is 9.98. The SMILES string of the molecule is c1ccc(-c2ccc(-c3cccc(-c4cccc(-n5c6ccc(-c7ccc8oc9ccccc9c8c7)cc6c6cc(-c7ccc8c(c7)c7ccccc7n8-c7ccccc7)ccc65)n4)c3)cc2)cc1. The Morgan fingerprint density at radius 1 is 0.261 bits per heavy atom. The number of aromatic nitrogens is 3. The maximum atomic E-state index is 6.23. The van der Waals surface area contributed by atoms with Gasteiger partial charge in [-0.15, -0.1) is 0 Å². The molecule has 0 N–H and O–H groups in total. The van der Waals surface area contributed by atoms with E-state index in [9.17, 15) is 0 Å². The minimum Gasteiger partial charge on any atom is -0.456 e. The van der Waals surface area contributed by atoms with Crippen LogP contribution in [-0.4, -0.2) is 14.1 Å². The van der Waals surface area contributed by atoms with Crippen molar-refractivity contribution in [2.45, 2.75) is 0 Å². The van der Waals surface area contributed by atoms with Crippen LogP contribution in [0.5, 0.6) is 0 Å². The van der Waals surface area contributed by atoms with Gasteiger partial charge >= 0.3 is 0 Å². The molecule has 0 fully saturated rings. The van der Waals surface area contributed by atoms with Crippen LogP contribution in [0.3, 0.4) is 0 Å². The molecule has 0 bridgehead atoms. The molecule has 4 aromatic heterocycles. The fourth-order valence-corrected chi connectivity index (χ4v) is 10.6. The van der Waals surface area contributed by atoms with Gasteiger partial charge < -0.3 is 8.98 Å². The summed E-state index contributed by atoms with van der Waals surface area (Å²) in [5, 5.41) is 7.04. The molecule has 0 radical (unpaired) electrons. The molecule has 0 saturated carbocycles. The summed E-state index contributed by atoms with van der Waals surface area (Å²) in [4.78, 5) is 5.43. The third-order valence-corrected chi connectivity index (χ3v) is 13.9. The summed E-state index contributed by atoms with van der Waals surface area (Å²) in [7, 11) is 0. The normalized spacial score (nSPS) is 11.8. The van der Waals surface area contributed by atoms with Crippen LogP contribution >= 0.6 is 0 Å². The number of furan rings is 1. The second kappa shape index (κ2) is 15.7. The van der Waals surface area contributed by atoms with Crippen molar-refractivity contribution >= 4 is 65.6 Å². The summed E-state index contributed by atoms with van der Waals surface area (Å²) < 4.78 is 10.9. The maximum absolute atomic E-state index is 6.23. The van der Waals surface area contributed by atoms with E-state index in [-0.39, 0.29) is 0 Å². The number of hydrogen-bond donors (Lipinski definition) is 0. The fourth-order valence-electron chi connectivity index (χ4n) is 10.6. The predicted molar refractivity (Wildman–Crippen MR) is 287 cm³/mol. The summed E-state index contributed by atoms with van der Waals surface area (Å²) in [5.41, 5.74) is 18.9. The van der Waals surface area contributed by atoms with E-state index in [1.165, 1.54) is 49.4 Å². The minimum atomic E-state index is 0.868. The minimum absolute atomic E-state index is 0.868. The van der Waals surface area contributed by atoms with E-state index in [2.05, 4.69) is 246 Å². The molecule has 322 valence electrons. The first kappa shape index (κ1) is 39.0. The molecular weight excluding hydrogens is 839 g/mol. The van der Waals surface area contributed by atoms with Crippen LogP contribution in [0.2, 0.25) is 0 Å². The molecule has 0 aliphatic heterocycles. The van der Waals surface area contributed by atoms with Gasteiger partial charge in [0.05, 0.1) is 27.8 Å². The summed E-state index contributed by atoms with van der Waals surface area (Å²) in [5.74, 6) is 0.868. The van der Waals surface area contributed by atoms with Crippen molar-refractivity contribution in [1.82, 2.24) is 14.1 Å². The first-order valence-electron chi connectivity index (χ1n) is 23.5. The van der Waals surface area contributed by atoms with E-state index in [0.29, 0.717) is 0 Å². The van der Waals surface area contributed by atoms with E-state index >= 15 is 0 Å². The molecule has 10 aromatic carbocycles. The summed E-state index contributed by atoms with van der Waals surface area (Å²) in [6, 6.07) is 89.4. The van der Waals surface area contributed by atoms with Crippen molar-refractivity contribution in [3.63, 3.8) is 0 Å². The second-order valence-corrected chi connectivity index (χ2v) is 17.9. The first-order chi connectivity index (χ1) is 34.2. The van der Waals surface area contributed by atoms with Crippen LogP contribution in [0.4, 0.5) is 0 Å². The number of pyridine rings is 1. The van der Waals surface area contributed by atoms with Crippen molar-refractivity contribution in [3.8, 4) is 67.3 Å². The molecule has 0 saturated heterocycles. The number of hydrogen-bond acceptors (Lipinski definition) is 2. The van der Waals surface area contributed by atoms with Gasteiger partial charge in [-0.2, -0.15) is 0 Å². The van der Waals surface area contributed by atoms with Crippen molar-refractivity contribution in [1.29, 1.82) is 0 Å². The van der Waals surface area contributed by atoms with Gasteiger partial charge in [0.2, 0.25) is 0 Å². The van der Waals surface area contributed by atoms with Gasteiger partial charge in [0.15, 0.2) is 0 Å². The van der Waals surface area contributed by atoms with E-state index in [1.54, 1.807) is 0 Å². The van der Waals surface area contributed by atoms with Gasteiger partial charge in [-0.1, -0.05) is 158 Å². The third kappa shape index (κ3) is 6.49. The summed E-state index contributed by atoms with van der Waals surface area (Å²) in [6.45, 7) is 0. The molecule has 0 atom stereocenters. The van der Waals surface area contributed by atoms with Crippen LogP contribution < -0.4 is 0 Å². The molecular formula is C65H41N3O. The highest BCUT2D eigenvalue weighted by Crippen LogP contribution is 2.41. The molecule has 69 heavy (non-hydrogen) atoms. The standard InChI is InChI=1S/C65H41N3O/c1-3-13-42(14-4-1)43-25-27-44(28-26-43)45-15-11-16-50(37-45)58-21-12-24-65(66-58)68-61-34-30-47(46-29-33-60-54(38-46)52-19-7-9-22-59(52)67(60)51-17-5-2-6-18-51)39-55(61)56-40-48(31-35-62(56)68)49-32-36-64-57(41-49)53-20-8-10-23-63(53)69-64/h1-41H. The van der Waals surface area contributed by atoms with Gasteiger partial charge in [0, 0.05) is 43.6 Å². The Balaban J connectivity index is 0.913. The number of rotatable bonds is 7. The zero-order chi connectivity index (χ0) is 45.4. The highest BCUT2D eigenvalue weighted by molar-refractivity contribution is 6.14. The Kier molecular flexibility index (Phi) is 8.86. The second-order valence-electron chi connectivity index (χ2n) is 17.9. The highest BCUT2D eigenvalue weighted by atomic mass is 16.3. The lowest BCUT2D eigenvalue weighted by molar-refractivity contribution is 0.669. The Bertz CT molecular complexity index is 4290. The average Bonchev–Trinajstić information content (AvgIpc) is 4.08. The molecule has 14 rings (SSSR count). The van der Waals surface area contributed by atoms with Crippen molar-refractivity contribution in [2.24, 2.45) is 0 Å². The smallest absolute Gasteiger partial charge is 0.138 e. The molecule has 14 aromatic rings. The Morgan fingerprint density at radius 2 is 0.710 bits per heavy atom. The van der Waals surface area contributed by atoms with Crippen molar-refractivity contribution < 1.29 is 4.42 Å². The lowest BCUT2D eigenvalue weighted by Gasteiger charge is -2.11. The number of para-hydroxylation sites is 3. The van der Waals surface area contributed by atoms with Crippen molar-refractivity contribution in [3.05, 3.63) is 249 Å². The van der Waals surface area contributed by atoms with Gasteiger partial charge in [0.25, 0.3) is 0 Å². The molecule has 4 heteroatoms. The Hall–Kier alpha value is -9.25. The van der Waals surface area contributed by atoms with E-state index in [4.69, 9.17) is 9.40 Å². The number of benzene rings is 10. The number of nitrogens with zero attached hydrogens (tertiary/aromatic N) is 3. The number of fused-ring (bicyclic) bond motifs is 9. The van der Waals surface area contributed by atoms with Crippen LogP contribution in [0, 0.1) is 0 Å². The van der Waals surface area contributed by atoms with Crippen LogP contribution in [-0.2, 0) is 0 Å². The van der Waals surface area contributed by atoms with E-state index in [1.807, 2.05) is 12.1 Å². The van der Waals surface area contributed by atoms with E-state index < -0.39 is 0 Å². The van der Waals surface area contributed by atoms with Gasteiger partial charge in [0.1, 0.15) is 17.0 Å². The van der Waals surface area contributed by atoms with Crippen molar-refractivity contribution in [2.75, 3.05) is 0 Å². The Labute approximate surface area is 398 Å². The third-order valence-electron chi connectivity index (χ3n) is 13.9. The molecule has 0 aliphatic rings. The fraction of sp³-hybridized carbons (Fsp3) is 0. The van der Waals surface area contributed by atoms with Crippen LogP contribution in [0.1, 0.15) is 0 Å². The van der Waals surface area contributed by atoms with Crippen LogP contribution in [0.15, 0.2) is 253 Å². The molecule has 0 unspecified atom stereocenters. The lowest BCUT2D eigenvalue weighted by Crippen LogP contribution is -1.98. The highest BCUT2D eigenvalue weighted by Gasteiger charge is 2.19. The monoisotopic (exact) mass is 879 g/mol. The molecule has 0 amide bonds. The summed E-state index contributed by atoms with van der Waals surface area (Å²) in [6.07, 6.45) is 0. The summed E-state index contributed by atoms with van der Waals surface area (Å²) >= 11 is 0. The van der Waals surface area contributed by atoms with Gasteiger partial charge in [-0.3, -0.25) is 4.57 Å². The predicted octanol–water partition coefficient (Wildman–Crippen LogP) is 17.5.